The van der Waals surface area contributed by atoms with E-state index < -0.39 is 17.5 Å². The molecule has 1 aromatic heterocycles. The minimum atomic E-state index is -1.23. The number of rotatable bonds is 5. The van der Waals surface area contributed by atoms with Crippen molar-refractivity contribution in [1.82, 2.24) is 15.2 Å². The Balaban J connectivity index is 2.43. The number of aromatic nitrogens is 1. The average molecular weight is 271 g/mol. The lowest BCUT2D eigenvalue weighted by Crippen LogP contribution is -2.54. The molecule has 7 heteroatoms. The van der Waals surface area contributed by atoms with Gasteiger partial charge in [0.05, 0.1) is 5.01 Å². The number of carboxylic acids is 1. The van der Waals surface area contributed by atoms with Crippen molar-refractivity contribution in [3.63, 3.8) is 0 Å². The third kappa shape index (κ3) is 3.43. The van der Waals surface area contributed by atoms with Gasteiger partial charge in [-0.25, -0.2) is 14.6 Å². The maximum absolute atomic E-state index is 11.8. The molecule has 0 fully saturated rings. The first kappa shape index (κ1) is 14.4. The Hall–Kier alpha value is -1.63. The second-order valence-corrected chi connectivity index (χ2v) is 5.31. The molecule has 2 N–H and O–H groups in total. The maximum Gasteiger partial charge on any atom is 0.329 e. The quantitative estimate of drug-likeness (QED) is 0.842. The zero-order chi connectivity index (χ0) is 13.8. The Labute approximate surface area is 110 Å². The Morgan fingerprint density at radius 3 is 2.72 bits per heavy atom. The molecular weight excluding hydrogens is 254 g/mol. The molecule has 0 aliphatic carbocycles. The van der Waals surface area contributed by atoms with E-state index in [1.54, 1.807) is 6.20 Å². The van der Waals surface area contributed by atoms with Crippen LogP contribution in [-0.2, 0) is 11.2 Å². The van der Waals surface area contributed by atoms with E-state index in [4.69, 9.17) is 5.11 Å². The predicted molar refractivity (Wildman–Crippen MR) is 68.7 cm³/mol. The second-order valence-electron chi connectivity index (χ2n) is 4.33. The molecule has 0 atom stereocenters. The number of carbonyl (C=O) groups excluding carboxylic acids is 1. The number of nitrogens with one attached hydrogen (secondary N) is 1. The van der Waals surface area contributed by atoms with Gasteiger partial charge in [0.2, 0.25) is 0 Å². The largest absolute Gasteiger partial charge is 0.480 e. The molecule has 0 aliphatic rings. The van der Waals surface area contributed by atoms with Gasteiger partial charge in [-0.1, -0.05) is 0 Å². The van der Waals surface area contributed by atoms with Crippen LogP contribution in [0.3, 0.4) is 0 Å². The van der Waals surface area contributed by atoms with Crippen molar-refractivity contribution in [2.75, 3.05) is 13.6 Å². The van der Waals surface area contributed by atoms with Crippen molar-refractivity contribution in [2.24, 2.45) is 0 Å². The SMILES string of the molecule is CN(C(=O)NCCc1nccs1)C(C)(C)C(=O)O. The number of aliphatic carboxylic acids is 1. The Morgan fingerprint density at radius 1 is 1.56 bits per heavy atom. The fourth-order valence-electron chi connectivity index (χ4n) is 1.17. The Bertz CT molecular complexity index is 417. The molecule has 0 radical (unpaired) electrons. The lowest BCUT2D eigenvalue weighted by Gasteiger charge is -2.31. The summed E-state index contributed by atoms with van der Waals surface area (Å²) in [5.74, 6) is -1.04. The molecule has 0 bridgehead atoms. The van der Waals surface area contributed by atoms with Crippen LogP contribution in [0.2, 0.25) is 0 Å². The molecule has 0 unspecified atom stereocenters. The van der Waals surface area contributed by atoms with E-state index in [0.717, 1.165) is 5.01 Å². The highest BCUT2D eigenvalue weighted by Gasteiger charge is 2.35. The van der Waals surface area contributed by atoms with Gasteiger partial charge in [-0.2, -0.15) is 0 Å². The summed E-state index contributed by atoms with van der Waals surface area (Å²) in [4.78, 5) is 28.0. The fourth-order valence-corrected chi connectivity index (χ4v) is 1.79. The van der Waals surface area contributed by atoms with Crippen molar-refractivity contribution in [3.8, 4) is 0 Å². The summed E-state index contributed by atoms with van der Waals surface area (Å²) in [7, 11) is 1.47. The van der Waals surface area contributed by atoms with Crippen LogP contribution in [-0.4, -0.2) is 46.1 Å². The molecule has 0 spiro atoms. The number of carboxylic acid groups (broad SMARTS) is 1. The molecule has 2 amide bonds. The normalized spacial score (nSPS) is 11.1. The molecule has 6 nitrogen and oxygen atoms in total. The van der Waals surface area contributed by atoms with Crippen LogP contribution in [0.1, 0.15) is 18.9 Å². The van der Waals surface area contributed by atoms with Gasteiger partial charge in [-0.05, 0) is 13.8 Å². The third-order valence-electron chi connectivity index (χ3n) is 2.77. The zero-order valence-electron chi connectivity index (χ0n) is 10.6. The summed E-state index contributed by atoms with van der Waals surface area (Å²) in [6.45, 7) is 3.40. The van der Waals surface area contributed by atoms with Gasteiger partial charge in [0.15, 0.2) is 0 Å². The first-order chi connectivity index (χ1) is 8.35. The third-order valence-corrected chi connectivity index (χ3v) is 3.60. The van der Waals surface area contributed by atoms with Gasteiger partial charge in [0, 0.05) is 31.6 Å². The molecule has 0 aromatic carbocycles. The van der Waals surface area contributed by atoms with Crippen molar-refractivity contribution in [3.05, 3.63) is 16.6 Å². The minimum Gasteiger partial charge on any atom is -0.480 e. The van der Waals surface area contributed by atoms with E-state index >= 15 is 0 Å². The number of hydrogen-bond donors (Lipinski definition) is 2. The molecule has 100 valence electrons. The van der Waals surface area contributed by atoms with E-state index in [2.05, 4.69) is 10.3 Å². The number of carbonyl (C=O) groups is 2. The summed E-state index contributed by atoms with van der Waals surface area (Å²) >= 11 is 1.52. The number of likely N-dealkylation sites (N-methyl/N-ethyl adjacent to an activating group) is 1. The van der Waals surface area contributed by atoms with Crippen LogP contribution < -0.4 is 5.32 Å². The number of hydrogen-bond acceptors (Lipinski definition) is 4. The van der Waals surface area contributed by atoms with E-state index in [1.165, 1.54) is 37.1 Å². The molecule has 0 saturated heterocycles. The molecule has 1 rings (SSSR count). The van der Waals surface area contributed by atoms with Crippen molar-refractivity contribution < 1.29 is 14.7 Å². The second kappa shape index (κ2) is 5.81. The first-order valence-corrected chi connectivity index (χ1v) is 6.37. The number of amides is 2. The van der Waals surface area contributed by atoms with Gasteiger partial charge in [0.1, 0.15) is 5.54 Å². The lowest BCUT2D eigenvalue weighted by atomic mass is 10.1. The molecular formula is C11H17N3O3S. The van der Waals surface area contributed by atoms with Gasteiger partial charge in [0.25, 0.3) is 0 Å². The number of nitrogens with zero attached hydrogens (tertiary/aromatic N) is 2. The van der Waals surface area contributed by atoms with Gasteiger partial charge < -0.3 is 15.3 Å². The highest BCUT2D eigenvalue weighted by Crippen LogP contribution is 2.12. The fraction of sp³-hybridized carbons (Fsp3) is 0.545. The monoisotopic (exact) mass is 271 g/mol. The van der Waals surface area contributed by atoms with Crippen LogP contribution in [0.5, 0.6) is 0 Å². The lowest BCUT2D eigenvalue weighted by molar-refractivity contribution is -0.146. The van der Waals surface area contributed by atoms with E-state index in [9.17, 15) is 9.59 Å². The summed E-state index contributed by atoms with van der Waals surface area (Å²) < 4.78 is 0. The number of thiazole rings is 1. The first-order valence-electron chi connectivity index (χ1n) is 5.49. The van der Waals surface area contributed by atoms with Crippen molar-refractivity contribution >= 4 is 23.3 Å². The summed E-state index contributed by atoms with van der Waals surface area (Å²) in [5.41, 5.74) is -1.23. The molecule has 18 heavy (non-hydrogen) atoms. The van der Waals surface area contributed by atoms with Crippen LogP contribution in [0.25, 0.3) is 0 Å². The summed E-state index contributed by atoms with van der Waals surface area (Å²) in [6, 6.07) is -0.404. The average Bonchev–Trinajstić information content (AvgIpc) is 2.80. The van der Waals surface area contributed by atoms with Gasteiger partial charge in [-0.3, -0.25) is 0 Å². The Kier molecular flexibility index (Phi) is 4.66. The van der Waals surface area contributed by atoms with Crippen LogP contribution >= 0.6 is 11.3 Å². The summed E-state index contributed by atoms with van der Waals surface area (Å²) in [5, 5.41) is 14.5. The van der Waals surface area contributed by atoms with Gasteiger partial charge in [-0.15, -0.1) is 11.3 Å². The number of urea groups is 1. The summed E-state index contributed by atoms with van der Waals surface area (Å²) in [6.07, 6.45) is 2.35. The molecule has 0 saturated carbocycles. The molecule has 1 aromatic rings. The van der Waals surface area contributed by atoms with E-state index in [1.807, 2.05) is 5.38 Å². The van der Waals surface area contributed by atoms with Crippen LogP contribution in [0.4, 0.5) is 4.79 Å². The molecule has 0 aliphatic heterocycles. The maximum atomic E-state index is 11.8. The zero-order valence-corrected chi connectivity index (χ0v) is 11.5. The van der Waals surface area contributed by atoms with E-state index in [-0.39, 0.29) is 0 Å². The van der Waals surface area contributed by atoms with Gasteiger partial charge >= 0.3 is 12.0 Å². The smallest absolute Gasteiger partial charge is 0.329 e. The highest BCUT2D eigenvalue weighted by molar-refractivity contribution is 7.09. The minimum absolute atomic E-state index is 0.404. The highest BCUT2D eigenvalue weighted by atomic mass is 32.1. The van der Waals surface area contributed by atoms with Crippen LogP contribution in [0, 0.1) is 0 Å². The van der Waals surface area contributed by atoms with Crippen molar-refractivity contribution in [1.29, 1.82) is 0 Å². The Morgan fingerprint density at radius 2 is 2.22 bits per heavy atom. The predicted octanol–water partition coefficient (Wildman–Crippen LogP) is 1.19. The van der Waals surface area contributed by atoms with Crippen molar-refractivity contribution in [2.45, 2.75) is 25.8 Å². The standard InChI is InChI=1S/C11H17N3O3S/c1-11(2,9(15)16)14(3)10(17)13-5-4-8-12-6-7-18-8/h6-7H,4-5H2,1-3H3,(H,13,17)(H,15,16). The molecule has 1 heterocycles. The van der Waals surface area contributed by atoms with E-state index in [0.29, 0.717) is 13.0 Å². The topological polar surface area (TPSA) is 82.5 Å². The van der Waals surface area contributed by atoms with Crippen LogP contribution in [0.15, 0.2) is 11.6 Å².